The van der Waals surface area contributed by atoms with Crippen molar-refractivity contribution < 1.29 is 4.42 Å². The minimum absolute atomic E-state index is 0.569. The van der Waals surface area contributed by atoms with Crippen LogP contribution in [0.1, 0.15) is 0 Å². The highest BCUT2D eigenvalue weighted by atomic mass is 16.3. The van der Waals surface area contributed by atoms with Crippen molar-refractivity contribution in [2.45, 2.75) is 0 Å². The normalized spacial score (nSPS) is 11.6. The quantitative estimate of drug-likeness (QED) is 0.122. The number of furan rings is 1. The van der Waals surface area contributed by atoms with Gasteiger partial charge in [-0.2, -0.15) is 0 Å². The summed E-state index contributed by atoms with van der Waals surface area (Å²) in [6.07, 6.45) is 3.73. The third-order valence-electron chi connectivity index (χ3n) is 12.8. The number of hydrogen-bond acceptors (Lipinski definition) is 6. The molecule has 9 aromatic carbocycles. The van der Waals surface area contributed by atoms with Crippen molar-refractivity contribution in [3.8, 4) is 67.5 Å². The zero-order chi connectivity index (χ0) is 44.4. The Balaban J connectivity index is 0.942. The molecular weight excluding hydrogens is 821 g/mol. The Kier molecular flexibility index (Phi) is 8.76. The number of hydrogen-bond donors (Lipinski definition) is 0. The number of para-hydroxylation sites is 1. The van der Waals surface area contributed by atoms with Crippen molar-refractivity contribution in [2.24, 2.45) is 0 Å². The van der Waals surface area contributed by atoms with Crippen LogP contribution in [0.3, 0.4) is 0 Å². The van der Waals surface area contributed by atoms with Gasteiger partial charge in [0.05, 0.1) is 17.6 Å². The Bertz CT molecular complexity index is 4170. The molecule has 0 aliphatic carbocycles. The summed E-state index contributed by atoms with van der Waals surface area (Å²) in [6.45, 7) is 7.69. The highest BCUT2D eigenvalue weighted by Crippen LogP contribution is 2.42. The summed E-state index contributed by atoms with van der Waals surface area (Å²) in [4.78, 5) is 29.1. The summed E-state index contributed by atoms with van der Waals surface area (Å²) in [7, 11) is 0. The van der Waals surface area contributed by atoms with Crippen LogP contribution in [0, 0.1) is 6.57 Å². The minimum Gasteiger partial charge on any atom is -0.456 e. The van der Waals surface area contributed by atoms with Crippen LogP contribution in [0.5, 0.6) is 0 Å². The van der Waals surface area contributed by atoms with Crippen LogP contribution < -0.4 is 0 Å². The molecule has 0 N–H and O–H groups in total. The van der Waals surface area contributed by atoms with Crippen LogP contribution in [0.15, 0.2) is 211 Å². The number of fused-ring (bicyclic) bond motifs is 9. The molecule has 67 heavy (non-hydrogen) atoms. The first-order chi connectivity index (χ1) is 33.1. The maximum Gasteiger partial charge on any atom is 0.194 e. The number of benzene rings is 9. The number of pyridine rings is 2. The van der Waals surface area contributed by atoms with Crippen molar-refractivity contribution in [1.82, 2.24) is 24.9 Å². The minimum atomic E-state index is 0.569. The maximum atomic E-state index is 7.69. The van der Waals surface area contributed by atoms with Crippen LogP contribution in [-0.4, -0.2) is 24.9 Å². The van der Waals surface area contributed by atoms with Crippen molar-refractivity contribution in [3.63, 3.8) is 0 Å². The van der Waals surface area contributed by atoms with Gasteiger partial charge in [-0.1, -0.05) is 140 Å². The highest BCUT2D eigenvalue weighted by molar-refractivity contribution is 6.22. The van der Waals surface area contributed by atoms with Crippen LogP contribution in [0.25, 0.3) is 138 Å². The first-order valence-electron chi connectivity index (χ1n) is 22.1. The molecule has 4 aromatic heterocycles. The molecule has 0 aliphatic heterocycles. The average molecular weight is 855 g/mol. The average Bonchev–Trinajstić information content (AvgIpc) is 3.78. The monoisotopic (exact) mass is 854 g/mol. The van der Waals surface area contributed by atoms with Crippen molar-refractivity contribution in [1.29, 1.82) is 0 Å². The van der Waals surface area contributed by atoms with E-state index in [1.165, 1.54) is 0 Å². The fraction of sp³-hybridized carbons (Fsp3) is 0. The molecule has 0 atom stereocenters. The summed E-state index contributed by atoms with van der Waals surface area (Å²) in [5.41, 5.74) is 13.1. The molecule has 0 bridgehead atoms. The number of rotatable bonds is 6. The van der Waals surface area contributed by atoms with Crippen molar-refractivity contribution in [2.75, 3.05) is 0 Å². The van der Waals surface area contributed by atoms with Gasteiger partial charge in [-0.05, 0) is 98.4 Å². The first kappa shape index (κ1) is 38.1. The van der Waals surface area contributed by atoms with Crippen LogP contribution in [-0.2, 0) is 0 Å². The molecule has 13 aromatic rings. The molecule has 0 radical (unpaired) electrons. The molecule has 0 saturated carbocycles. The number of nitrogens with zero attached hydrogens (tertiary/aromatic N) is 6. The van der Waals surface area contributed by atoms with E-state index in [1.807, 2.05) is 109 Å². The third-order valence-corrected chi connectivity index (χ3v) is 12.8. The Morgan fingerprint density at radius 1 is 0.328 bits per heavy atom. The van der Waals surface area contributed by atoms with E-state index in [1.54, 1.807) is 0 Å². The van der Waals surface area contributed by atoms with Gasteiger partial charge >= 0.3 is 0 Å². The van der Waals surface area contributed by atoms with Gasteiger partial charge < -0.3 is 4.42 Å². The van der Waals surface area contributed by atoms with Gasteiger partial charge in [-0.15, -0.1) is 0 Å². The van der Waals surface area contributed by atoms with E-state index in [0.29, 0.717) is 23.2 Å². The molecule has 7 heteroatoms. The van der Waals surface area contributed by atoms with E-state index >= 15 is 0 Å². The van der Waals surface area contributed by atoms with Crippen molar-refractivity contribution >= 4 is 71.0 Å². The van der Waals surface area contributed by atoms with Gasteiger partial charge in [-0.3, -0.25) is 9.97 Å². The van der Waals surface area contributed by atoms with Crippen molar-refractivity contribution in [3.05, 3.63) is 218 Å². The highest BCUT2D eigenvalue weighted by Gasteiger charge is 2.19. The lowest BCUT2D eigenvalue weighted by molar-refractivity contribution is 0.669. The van der Waals surface area contributed by atoms with Gasteiger partial charge in [0.15, 0.2) is 23.2 Å². The lowest BCUT2D eigenvalue weighted by atomic mass is 9.90. The van der Waals surface area contributed by atoms with Gasteiger partial charge in [0.2, 0.25) is 0 Å². The molecule has 7 nitrogen and oxygen atoms in total. The Hall–Kier alpha value is -9.38. The predicted octanol–water partition coefficient (Wildman–Crippen LogP) is 15.7. The summed E-state index contributed by atoms with van der Waals surface area (Å²) in [5, 5.41) is 8.37. The smallest absolute Gasteiger partial charge is 0.194 e. The zero-order valence-corrected chi connectivity index (χ0v) is 35.7. The third kappa shape index (κ3) is 6.39. The molecular formula is C60H34N6O. The zero-order valence-electron chi connectivity index (χ0n) is 35.7. The molecule has 310 valence electrons. The molecule has 0 unspecified atom stereocenters. The Labute approximate surface area is 384 Å². The lowest BCUT2D eigenvalue weighted by Crippen LogP contribution is -2.00. The first-order valence-corrected chi connectivity index (χ1v) is 22.1. The standard InChI is InChI=1S/C60H34N6O/c1-61-53-28-27-42(43-16-5-6-17-44(43)53)36-22-24-37(25-23-36)48-34-50-47-20-11-31-63-57(47)49(35-51(50)46-19-10-30-62-56(46)48)39-14-9-15-40(32-39)59-64-58(38-12-3-2-4-13-38)65-60(66-59)41-26-29-55-52(33-41)45-18-7-8-21-54(45)67-55/h2-35H. The van der Waals surface area contributed by atoms with E-state index in [0.717, 1.165) is 115 Å². The van der Waals surface area contributed by atoms with Crippen LogP contribution >= 0.6 is 0 Å². The largest absolute Gasteiger partial charge is 0.456 e. The Morgan fingerprint density at radius 3 is 1.55 bits per heavy atom. The molecule has 0 aliphatic rings. The summed E-state index contributed by atoms with van der Waals surface area (Å²) in [5.74, 6) is 1.74. The maximum absolute atomic E-state index is 7.69. The topological polar surface area (TPSA) is 82.0 Å². The van der Waals surface area contributed by atoms with Gasteiger partial charge in [-0.25, -0.2) is 19.8 Å². The molecule has 0 fully saturated rings. The van der Waals surface area contributed by atoms with E-state index in [4.69, 9.17) is 35.9 Å². The van der Waals surface area contributed by atoms with Gasteiger partial charge in [0.1, 0.15) is 11.2 Å². The van der Waals surface area contributed by atoms with Crippen LogP contribution in [0.2, 0.25) is 0 Å². The van der Waals surface area contributed by atoms with Gasteiger partial charge in [0, 0.05) is 61.8 Å². The summed E-state index contributed by atoms with van der Waals surface area (Å²) >= 11 is 0. The molecule has 0 saturated heterocycles. The lowest BCUT2D eigenvalue weighted by Gasteiger charge is -2.16. The summed E-state index contributed by atoms with van der Waals surface area (Å²) < 4.78 is 6.16. The predicted molar refractivity (Wildman–Crippen MR) is 272 cm³/mol. The van der Waals surface area contributed by atoms with Crippen LogP contribution in [0.4, 0.5) is 5.69 Å². The second-order valence-corrected chi connectivity index (χ2v) is 16.7. The molecule has 0 spiro atoms. The second-order valence-electron chi connectivity index (χ2n) is 16.7. The van der Waals surface area contributed by atoms with E-state index in [-0.39, 0.29) is 0 Å². The molecule has 0 amide bonds. The molecule has 4 heterocycles. The van der Waals surface area contributed by atoms with E-state index in [9.17, 15) is 0 Å². The Morgan fingerprint density at radius 2 is 0.851 bits per heavy atom. The number of aromatic nitrogens is 5. The second kappa shape index (κ2) is 15.4. The fourth-order valence-corrected chi connectivity index (χ4v) is 9.64. The van der Waals surface area contributed by atoms with Gasteiger partial charge in [0.25, 0.3) is 0 Å². The SMILES string of the molecule is [C-]#[N+]c1ccc(-c2ccc(-c3cc4c5cccnc5c(-c5cccc(-c6nc(-c7ccccc7)nc(-c7ccc8oc9ccccc9c8c7)n6)c5)cc4c4cccnc34)cc2)c2ccccc12. The van der Waals surface area contributed by atoms with E-state index < -0.39 is 0 Å². The van der Waals surface area contributed by atoms with E-state index in [2.05, 4.69) is 102 Å². The fourth-order valence-electron chi connectivity index (χ4n) is 9.64. The summed E-state index contributed by atoms with van der Waals surface area (Å²) in [6, 6.07) is 66.3. The molecule has 13 rings (SSSR count).